The van der Waals surface area contributed by atoms with Crippen LogP contribution < -0.4 is 5.32 Å². The van der Waals surface area contributed by atoms with Gasteiger partial charge in [0.2, 0.25) is 0 Å². The Kier molecular flexibility index (Phi) is 3.55. The van der Waals surface area contributed by atoms with Crippen molar-refractivity contribution < 1.29 is 0 Å². The Balaban J connectivity index is 1.40. The third-order valence-electron chi connectivity index (χ3n) is 6.20. The van der Waals surface area contributed by atoms with E-state index in [1.807, 2.05) is 0 Å². The summed E-state index contributed by atoms with van der Waals surface area (Å²) in [5, 5.41) is 3.75. The molecule has 108 valence electrons. The Morgan fingerprint density at radius 1 is 0.737 bits per heavy atom. The van der Waals surface area contributed by atoms with Crippen LogP contribution in [0.1, 0.15) is 44.9 Å². The highest BCUT2D eigenvalue weighted by Gasteiger charge is 2.42. The first kappa shape index (κ1) is 12.6. The molecule has 0 aromatic heterocycles. The summed E-state index contributed by atoms with van der Waals surface area (Å²) in [6.07, 6.45) is 10.1. The van der Waals surface area contributed by atoms with Crippen LogP contribution in [0.25, 0.3) is 0 Å². The number of likely N-dealkylation sites (tertiary alicyclic amines) is 1. The fourth-order valence-electron chi connectivity index (χ4n) is 5.27. The highest BCUT2D eigenvalue weighted by molar-refractivity contribution is 4.99. The van der Waals surface area contributed by atoms with Gasteiger partial charge in [-0.25, -0.2) is 0 Å². The summed E-state index contributed by atoms with van der Waals surface area (Å²) in [5.74, 6) is 0.937. The second kappa shape index (κ2) is 5.34. The molecule has 4 unspecified atom stereocenters. The van der Waals surface area contributed by atoms with E-state index in [0.29, 0.717) is 0 Å². The molecule has 1 N–H and O–H groups in total. The molecule has 0 amide bonds. The number of nitrogens with one attached hydrogen (secondary N) is 1. The lowest BCUT2D eigenvalue weighted by Gasteiger charge is -2.41. The highest BCUT2D eigenvalue weighted by Crippen LogP contribution is 2.34. The van der Waals surface area contributed by atoms with Crippen LogP contribution in [0.5, 0.6) is 0 Å². The number of rotatable bonds is 2. The minimum Gasteiger partial charge on any atom is -0.314 e. The van der Waals surface area contributed by atoms with E-state index in [1.165, 1.54) is 77.7 Å². The van der Waals surface area contributed by atoms with Crippen LogP contribution in [0.4, 0.5) is 0 Å². The van der Waals surface area contributed by atoms with Crippen molar-refractivity contribution in [2.75, 3.05) is 32.7 Å². The molecule has 0 aromatic carbocycles. The van der Waals surface area contributed by atoms with Gasteiger partial charge in [0.25, 0.3) is 0 Å². The van der Waals surface area contributed by atoms with Gasteiger partial charge in [-0.1, -0.05) is 0 Å². The zero-order valence-corrected chi connectivity index (χ0v) is 12.2. The first-order valence-electron chi connectivity index (χ1n) is 8.63. The van der Waals surface area contributed by atoms with E-state index in [-0.39, 0.29) is 0 Å². The molecular weight excluding hydrogens is 234 g/mol. The van der Waals surface area contributed by atoms with Crippen molar-refractivity contribution in [3.8, 4) is 0 Å². The Morgan fingerprint density at radius 3 is 2.47 bits per heavy atom. The van der Waals surface area contributed by atoms with Crippen molar-refractivity contribution >= 4 is 0 Å². The van der Waals surface area contributed by atoms with Gasteiger partial charge in [-0.15, -0.1) is 0 Å². The van der Waals surface area contributed by atoms with E-state index in [2.05, 4.69) is 15.1 Å². The third kappa shape index (κ3) is 2.34. The lowest BCUT2D eigenvalue weighted by Crippen LogP contribution is -2.50. The van der Waals surface area contributed by atoms with Crippen molar-refractivity contribution in [1.82, 2.24) is 15.1 Å². The fourth-order valence-corrected chi connectivity index (χ4v) is 5.27. The lowest BCUT2D eigenvalue weighted by atomic mass is 9.88. The van der Waals surface area contributed by atoms with Crippen LogP contribution in [-0.2, 0) is 0 Å². The Labute approximate surface area is 117 Å². The molecule has 4 heterocycles. The smallest absolute Gasteiger partial charge is 0.0263 e. The Morgan fingerprint density at radius 2 is 1.58 bits per heavy atom. The molecule has 0 bridgehead atoms. The van der Waals surface area contributed by atoms with E-state index >= 15 is 0 Å². The molecule has 4 rings (SSSR count). The summed E-state index contributed by atoms with van der Waals surface area (Å²) in [6.45, 7) is 6.77. The van der Waals surface area contributed by atoms with Crippen LogP contribution in [0.3, 0.4) is 0 Å². The van der Waals surface area contributed by atoms with Crippen molar-refractivity contribution in [3.63, 3.8) is 0 Å². The second-order valence-corrected chi connectivity index (χ2v) is 7.20. The topological polar surface area (TPSA) is 18.5 Å². The quantitative estimate of drug-likeness (QED) is 0.818. The SMILES string of the molecule is C1CNC(C2CCCN(C3CCN4CCCC34)C2)C1. The maximum absolute atomic E-state index is 3.75. The molecule has 19 heavy (non-hydrogen) atoms. The van der Waals surface area contributed by atoms with Gasteiger partial charge in [-0.3, -0.25) is 9.80 Å². The molecule has 0 saturated carbocycles. The minimum atomic E-state index is 0.837. The molecular formula is C16H29N3. The van der Waals surface area contributed by atoms with Crippen molar-refractivity contribution in [1.29, 1.82) is 0 Å². The van der Waals surface area contributed by atoms with E-state index < -0.39 is 0 Å². The standard InChI is InChI=1S/C16H29N3/c1-5-14(17-8-1)13-4-2-10-19(12-13)16-7-11-18-9-3-6-15(16)18/h13-17H,1-12H2. The molecule has 0 aromatic rings. The molecule has 4 saturated heterocycles. The molecule has 3 nitrogen and oxygen atoms in total. The Bertz CT molecular complexity index is 313. The molecule has 4 aliphatic rings. The van der Waals surface area contributed by atoms with Crippen molar-refractivity contribution in [3.05, 3.63) is 0 Å². The fraction of sp³-hybridized carbons (Fsp3) is 1.00. The first-order chi connectivity index (χ1) is 9.42. The van der Waals surface area contributed by atoms with Gasteiger partial charge in [0.15, 0.2) is 0 Å². The highest BCUT2D eigenvalue weighted by atomic mass is 15.3. The largest absolute Gasteiger partial charge is 0.314 e. The van der Waals surface area contributed by atoms with E-state index in [4.69, 9.17) is 0 Å². The average molecular weight is 263 g/mol. The summed E-state index contributed by atoms with van der Waals surface area (Å²) in [5.41, 5.74) is 0. The van der Waals surface area contributed by atoms with Gasteiger partial charge >= 0.3 is 0 Å². The molecule has 0 spiro atoms. The van der Waals surface area contributed by atoms with Crippen LogP contribution in [0, 0.1) is 5.92 Å². The summed E-state index contributed by atoms with van der Waals surface area (Å²) in [6, 6.07) is 2.64. The number of fused-ring (bicyclic) bond motifs is 1. The van der Waals surface area contributed by atoms with Gasteiger partial charge in [0.1, 0.15) is 0 Å². The molecule has 3 heteroatoms. The average Bonchev–Trinajstić information content (AvgIpc) is 3.16. The number of piperidine rings is 1. The normalized spacial score (nSPS) is 44.8. The predicted octanol–water partition coefficient (Wildman–Crippen LogP) is 1.69. The number of hydrogen-bond acceptors (Lipinski definition) is 3. The van der Waals surface area contributed by atoms with Crippen LogP contribution in [-0.4, -0.2) is 60.6 Å². The monoisotopic (exact) mass is 263 g/mol. The molecule has 0 aliphatic carbocycles. The van der Waals surface area contributed by atoms with E-state index in [1.54, 1.807) is 0 Å². The maximum atomic E-state index is 3.75. The lowest BCUT2D eigenvalue weighted by molar-refractivity contribution is 0.0906. The molecule has 4 fully saturated rings. The second-order valence-electron chi connectivity index (χ2n) is 7.20. The van der Waals surface area contributed by atoms with Crippen LogP contribution in [0.15, 0.2) is 0 Å². The maximum Gasteiger partial charge on any atom is 0.0263 e. The zero-order valence-electron chi connectivity index (χ0n) is 12.2. The van der Waals surface area contributed by atoms with Gasteiger partial charge in [-0.05, 0) is 70.5 Å². The van der Waals surface area contributed by atoms with E-state index in [9.17, 15) is 0 Å². The minimum absolute atomic E-state index is 0.837. The molecule has 0 radical (unpaired) electrons. The summed E-state index contributed by atoms with van der Waals surface area (Å²) in [7, 11) is 0. The summed E-state index contributed by atoms with van der Waals surface area (Å²) >= 11 is 0. The third-order valence-corrected chi connectivity index (χ3v) is 6.20. The van der Waals surface area contributed by atoms with Crippen molar-refractivity contribution in [2.45, 2.75) is 63.1 Å². The predicted molar refractivity (Wildman–Crippen MR) is 78.3 cm³/mol. The summed E-state index contributed by atoms with van der Waals surface area (Å²) in [4.78, 5) is 5.65. The summed E-state index contributed by atoms with van der Waals surface area (Å²) < 4.78 is 0. The molecule has 4 aliphatic heterocycles. The van der Waals surface area contributed by atoms with E-state index in [0.717, 1.165) is 24.0 Å². The molecule has 4 atom stereocenters. The Hall–Kier alpha value is -0.120. The zero-order chi connectivity index (χ0) is 12.7. The number of hydrogen-bond donors (Lipinski definition) is 1. The van der Waals surface area contributed by atoms with Gasteiger partial charge in [0.05, 0.1) is 0 Å². The number of nitrogens with zero attached hydrogens (tertiary/aromatic N) is 2. The van der Waals surface area contributed by atoms with Crippen molar-refractivity contribution in [2.24, 2.45) is 5.92 Å². The first-order valence-corrected chi connectivity index (χ1v) is 8.63. The van der Waals surface area contributed by atoms with Gasteiger partial charge in [-0.2, -0.15) is 0 Å². The van der Waals surface area contributed by atoms with Crippen LogP contribution >= 0.6 is 0 Å². The van der Waals surface area contributed by atoms with Crippen LogP contribution in [0.2, 0.25) is 0 Å². The van der Waals surface area contributed by atoms with Gasteiger partial charge in [0, 0.05) is 31.2 Å². The van der Waals surface area contributed by atoms with Gasteiger partial charge < -0.3 is 5.32 Å².